The second-order valence-corrected chi connectivity index (χ2v) is 9.68. The van der Waals surface area contributed by atoms with E-state index in [9.17, 15) is 22.8 Å². The summed E-state index contributed by atoms with van der Waals surface area (Å²) in [4.78, 5) is 32.2. The molecule has 3 aromatic rings. The molecule has 0 atom stereocenters. The molecule has 5 nitrogen and oxygen atoms in total. The number of hydrogen-bond acceptors (Lipinski definition) is 4. The number of benzene rings is 2. The molecule has 0 bridgehead atoms. The van der Waals surface area contributed by atoms with Gasteiger partial charge < -0.3 is 4.90 Å². The maximum Gasteiger partial charge on any atom is 0.416 e. The van der Waals surface area contributed by atoms with E-state index in [2.05, 4.69) is 11.9 Å². The molecule has 0 N–H and O–H groups in total. The first-order chi connectivity index (χ1) is 16.2. The van der Waals surface area contributed by atoms with Crippen LogP contribution >= 0.6 is 11.8 Å². The van der Waals surface area contributed by atoms with Crippen molar-refractivity contribution in [3.8, 4) is 5.69 Å². The number of likely N-dealkylation sites (tertiary alicyclic amines) is 1. The topological polar surface area (TPSA) is 55.2 Å². The average Bonchev–Trinajstić information content (AvgIpc) is 2.82. The lowest BCUT2D eigenvalue weighted by atomic mass is 9.99. The van der Waals surface area contributed by atoms with Crippen molar-refractivity contribution in [1.82, 2.24) is 14.5 Å². The number of alkyl halides is 3. The van der Waals surface area contributed by atoms with Crippen LogP contribution in [0.5, 0.6) is 0 Å². The summed E-state index contributed by atoms with van der Waals surface area (Å²) in [6.07, 6.45) is -1.51. The van der Waals surface area contributed by atoms with Gasteiger partial charge >= 0.3 is 6.18 Å². The first kappa shape index (κ1) is 24.3. The first-order valence-corrected chi connectivity index (χ1v) is 12.3. The van der Waals surface area contributed by atoms with Crippen molar-refractivity contribution >= 4 is 28.6 Å². The number of thioether (sulfide) groups is 1. The molecule has 1 amide bonds. The van der Waals surface area contributed by atoms with Gasteiger partial charge in [-0.05, 0) is 55.5 Å². The van der Waals surface area contributed by atoms with Gasteiger partial charge in [0.15, 0.2) is 5.16 Å². The molecule has 2 heterocycles. The van der Waals surface area contributed by atoms with Crippen LogP contribution in [0.4, 0.5) is 13.2 Å². The van der Waals surface area contributed by atoms with Gasteiger partial charge in [-0.25, -0.2) is 4.98 Å². The molecule has 0 saturated carbocycles. The fourth-order valence-corrected chi connectivity index (χ4v) is 5.01. The smallest absolute Gasteiger partial charge is 0.343 e. The third-order valence-electron chi connectivity index (χ3n) is 6.08. The molecule has 0 spiro atoms. The molecule has 34 heavy (non-hydrogen) atoms. The molecule has 1 aromatic heterocycles. The predicted molar refractivity (Wildman–Crippen MR) is 127 cm³/mol. The monoisotopic (exact) mass is 489 g/mol. The number of rotatable bonds is 6. The summed E-state index contributed by atoms with van der Waals surface area (Å²) in [6.45, 7) is 3.77. The second kappa shape index (κ2) is 10.2. The molecule has 4 rings (SSSR count). The van der Waals surface area contributed by atoms with Gasteiger partial charge in [-0.1, -0.05) is 36.9 Å². The van der Waals surface area contributed by atoms with E-state index in [1.807, 2.05) is 4.90 Å². The van der Waals surface area contributed by atoms with E-state index >= 15 is 0 Å². The Balaban J connectivity index is 1.56. The highest BCUT2D eigenvalue weighted by Gasteiger charge is 2.31. The minimum atomic E-state index is -4.52. The summed E-state index contributed by atoms with van der Waals surface area (Å²) in [5.74, 6) is 1.28. The van der Waals surface area contributed by atoms with Crippen LogP contribution in [0.1, 0.15) is 38.2 Å². The number of aromatic nitrogens is 2. The van der Waals surface area contributed by atoms with Crippen molar-refractivity contribution < 1.29 is 18.0 Å². The molecular weight excluding hydrogens is 463 g/mol. The Morgan fingerprint density at radius 1 is 1.12 bits per heavy atom. The summed E-state index contributed by atoms with van der Waals surface area (Å²) in [7, 11) is 0. The van der Waals surface area contributed by atoms with Gasteiger partial charge in [0.05, 0.1) is 22.2 Å². The van der Waals surface area contributed by atoms with Crippen LogP contribution in [-0.2, 0) is 11.0 Å². The van der Waals surface area contributed by atoms with E-state index in [1.165, 1.54) is 28.5 Å². The molecule has 180 valence electrons. The van der Waals surface area contributed by atoms with Crippen LogP contribution in [-0.4, -0.2) is 39.2 Å². The highest BCUT2D eigenvalue weighted by atomic mass is 32.2. The number of halogens is 3. The summed E-state index contributed by atoms with van der Waals surface area (Å²) in [5, 5.41) is 0.640. The number of piperidine rings is 1. The largest absolute Gasteiger partial charge is 0.416 e. The van der Waals surface area contributed by atoms with Gasteiger partial charge in [0.25, 0.3) is 5.56 Å². The molecule has 2 aromatic carbocycles. The van der Waals surface area contributed by atoms with E-state index in [0.717, 1.165) is 38.1 Å². The summed E-state index contributed by atoms with van der Waals surface area (Å²) < 4.78 is 41.1. The molecule has 0 unspecified atom stereocenters. The van der Waals surface area contributed by atoms with Crippen molar-refractivity contribution in [2.24, 2.45) is 5.92 Å². The van der Waals surface area contributed by atoms with E-state index < -0.39 is 17.3 Å². The van der Waals surface area contributed by atoms with Gasteiger partial charge in [-0.15, -0.1) is 0 Å². The lowest BCUT2D eigenvalue weighted by Crippen LogP contribution is -2.37. The molecule has 0 radical (unpaired) electrons. The predicted octanol–water partition coefficient (Wildman–Crippen LogP) is 5.54. The van der Waals surface area contributed by atoms with E-state index in [-0.39, 0.29) is 11.6 Å². The van der Waals surface area contributed by atoms with Gasteiger partial charge in [-0.2, -0.15) is 13.2 Å². The molecule has 1 aliphatic heterocycles. The summed E-state index contributed by atoms with van der Waals surface area (Å²) >= 11 is 1.27. The number of carbonyl (C=O) groups excluding carboxylic acids is 1. The quantitative estimate of drug-likeness (QED) is 0.259. The van der Waals surface area contributed by atoms with Gasteiger partial charge in [-0.3, -0.25) is 14.2 Å². The van der Waals surface area contributed by atoms with Crippen LogP contribution in [0.25, 0.3) is 16.6 Å². The Bertz CT molecular complexity index is 1230. The van der Waals surface area contributed by atoms with E-state index in [0.29, 0.717) is 40.6 Å². The van der Waals surface area contributed by atoms with E-state index in [1.54, 1.807) is 24.3 Å². The lowest BCUT2D eigenvalue weighted by molar-refractivity contribution is -0.137. The number of carbonyl (C=O) groups is 1. The SMILES string of the molecule is CC1CCN(C(=O)CCCSc2nc3ccccc3c(=O)n2-c2cccc(C(F)(F)F)c2)CC1. The van der Waals surface area contributed by atoms with Crippen molar-refractivity contribution in [2.75, 3.05) is 18.8 Å². The van der Waals surface area contributed by atoms with Gasteiger partial charge in [0, 0.05) is 25.3 Å². The molecule has 1 aliphatic rings. The van der Waals surface area contributed by atoms with E-state index in [4.69, 9.17) is 0 Å². The summed E-state index contributed by atoms with van der Waals surface area (Å²) in [6, 6.07) is 11.5. The Morgan fingerprint density at radius 2 is 1.85 bits per heavy atom. The Labute approximate surface area is 200 Å². The van der Waals surface area contributed by atoms with Crippen molar-refractivity contribution in [3.05, 3.63) is 64.4 Å². The fraction of sp³-hybridized carbons (Fsp3) is 0.400. The summed E-state index contributed by atoms with van der Waals surface area (Å²) in [5.41, 5.74) is -0.663. The number of fused-ring (bicyclic) bond motifs is 1. The minimum absolute atomic E-state index is 0.110. The van der Waals surface area contributed by atoms with Gasteiger partial charge in [0.2, 0.25) is 5.91 Å². The number of nitrogens with zero attached hydrogens (tertiary/aromatic N) is 3. The van der Waals surface area contributed by atoms with Crippen molar-refractivity contribution in [1.29, 1.82) is 0 Å². The Kier molecular flexibility index (Phi) is 7.30. The standard InChI is InChI=1S/C25H26F3N3O2S/c1-17-11-13-30(14-12-17)22(32)10-5-15-34-24-29-21-9-3-2-8-20(21)23(33)31(24)19-7-4-6-18(16-19)25(26,27)28/h2-4,6-9,16-17H,5,10-15H2,1H3. The lowest BCUT2D eigenvalue weighted by Gasteiger charge is -2.30. The molecule has 1 fully saturated rings. The zero-order valence-corrected chi connectivity index (χ0v) is 19.7. The third kappa shape index (κ3) is 5.46. The van der Waals surface area contributed by atoms with Crippen LogP contribution < -0.4 is 5.56 Å². The normalized spacial score (nSPS) is 15.1. The van der Waals surface area contributed by atoms with Crippen LogP contribution in [0.15, 0.2) is 58.5 Å². The third-order valence-corrected chi connectivity index (χ3v) is 7.10. The average molecular weight is 490 g/mol. The first-order valence-electron chi connectivity index (χ1n) is 11.3. The number of hydrogen-bond donors (Lipinski definition) is 0. The zero-order chi connectivity index (χ0) is 24.3. The maximum atomic E-state index is 13.3. The molecular formula is C25H26F3N3O2S. The highest BCUT2D eigenvalue weighted by Crippen LogP contribution is 2.31. The number of amides is 1. The molecule has 9 heteroatoms. The highest BCUT2D eigenvalue weighted by molar-refractivity contribution is 7.99. The number of para-hydroxylation sites is 1. The van der Waals surface area contributed by atoms with Crippen molar-refractivity contribution in [3.63, 3.8) is 0 Å². The van der Waals surface area contributed by atoms with Crippen LogP contribution in [0.3, 0.4) is 0 Å². The van der Waals surface area contributed by atoms with Crippen LogP contribution in [0.2, 0.25) is 0 Å². The van der Waals surface area contributed by atoms with Crippen LogP contribution in [0, 0.1) is 5.92 Å². The maximum absolute atomic E-state index is 13.3. The van der Waals surface area contributed by atoms with Crippen molar-refractivity contribution in [2.45, 2.75) is 43.9 Å². The van der Waals surface area contributed by atoms with Gasteiger partial charge in [0.1, 0.15) is 0 Å². The molecule has 1 saturated heterocycles. The molecule has 0 aliphatic carbocycles. The minimum Gasteiger partial charge on any atom is -0.343 e. The second-order valence-electron chi connectivity index (χ2n) is 8.62. The Hall–Kier alpha value is -2.81. The zero-order valence-electron chi connectivity index (χ0n) is 18.8. The Morgan fingerprint density at radius 3 is 2.59 bits per heavy atom. The fourth-order valence-electron chi connectivity index (χ4n) is 4.06.